The van der Waals surface area contributed by atoms with Gasteiger partial charge in [-0.05, 0) is 55.0 Å². The summed E-state index contributed by atoms with van der Waals surface area (Å²) in [6, 6.07) is 21.6. The maximum atomic E-state index is 13.4. The molecule has 0 aliphatic rings. The second kappa shape index (κ2) is 11.9. The van der Waals surface area contributed by atoms with Crippen LogP contribution in [0.3, 0.4) is 0 Å². The molecule has 0 saturated heterocycles. The number of benzene rings is 3. The van der Waals surface area contributed by atoms with Crippen LogP contribution in [0.1, 0.15) is 12.5 Å². The highest BCUT2D eigenvalue weighted by Crippen LogP contribution is 2.26. The standard InChI is InChI=1S/C26H28ClN3O5S/c1-19(26(32)28-2)29(17-20-9-7-8-12-24(20)27)25(31)18-30(36(3,33)34)21-13-15-23(16-14-21)35-22-10-5-4-6-11-22/h4-16,19H,17-18H2,1-3H3,(H,28,32). The second-order valence-corrected chi connectivity index (χ2v) is 10.4. The Bertz CT molecular complexity index is 1300. The molecule has 0 radical (unpaired) electrons. The van der Waals surface area contributed by atoms with Crippen LogP contribution in [0.4, 0.5) is 5.69 Å². The first-order valence-corrected chi connectivity index (χ1v) is 13.4. The second-order valence-electron chi connectivity index (χ2n) is 8.08. The van der Waals surface area contributed by atoms with Gasteiger partial charge in [0.25, 0.3) is 0 Å². The number of hydrogen-bond donors (Lipinski definition) is 1. The molecule has 8 nitrogen and oxygen atoms in total. The van der Waals surface area contributed by atoms with Crippen molar-refractivity contribution < 1.29 is 22.7 Å². The molecule has 0 aliphatic heterocycles. The molecule has 0 fully saturated rings. The number of likely N-dealkylation sites (N-methyl/N-ethyl adjacent to an activating group) is 1. The number of nitrogens with zero attached hydrogens (tertiary/aromatic N) is 2. The number of nitrogens with one attached hydrogen (secondary N) is 1. The van der Waals surface area contributed by atoms with Crippen molar-refractivity contribution >= 4 is 39.1 Å². The van der Waals surface area contributed by atoms with Gasteiger partial charge in [0.15, 0.2) is 0 Å². The Morgan fingerprint density at radius 3 is 2.11 bits per heavy atom. The molecule has 36 heavy (non-hydrogen) atoms. The molecule has 0 heterocycles. The van der Waals surface area contributed by atoms with Crippen molar-refractivity contribution in [1.82, 2.24) is 10.2 Å². The fourth-order valence-electron chi connectivity index (χ4n) is 3.52. The number of sulfonamides is 1. The number of carbonyl (C=O) groups is 2. The summed E-state index contributed by atoms with van der Waals surface area (Å²) >= 11 is 6.28. The Balaban J connectivity index is 1.86. The van der Waals surface area contributed by atoms with Gasteiger partial charge in [-0.15, -0.1) is 0 Å². The normalized spacial score (nSPS) is 11.9. The third-order valence-corrected chi connectivity index (χ3v) is 7.00. The molecule has 0 aliphatic carbocycles. The average Bonchev–Trinajstić information content (AvgIpc) is 2.86. The fraction of sp³-hybridized carbons (Fsp3) is 0.231. The molecule has 0 aromatic heterocycles. The molecular formula is C26H28ClN3O5S. The maximum absolute atomic E-state index is 13.4. The van der Waals surface area contributed by atoms with Gasteiger partial charge in [-0.3, -0.25) is 13.9 Å². The Hall–Kier alpha value is -3.56. The highest BCUT2D eigenvalue weighted by molar-refractivity contribution is 7.92. The lowest BCUT2D eigenvalue weighted by atomic mass is 10.1. The number of amides is 2. The average molecular weight is 530 g/mol. The van der Waals surface area contributed by atoms with E-state index < -0.39 is 28.5 Å². The van der Waals surface area contributed by atoms with Crippen LogP contribution in [0.25, 0.3) is 0 Å². The third-order valence-electron chi connectivity index (χ3n) is 5.50. The third kappa shape index (κ3) is 6.99. The molecular weight excluding hydrogens is 502 g/mol. The minimum Gasteiger partial charge on any atom is -0.457 e. The molecule has 0 bridgehead atoms. The van der Waals surface area contributed by atoms with Crippen molar-refractivity contribution in [3.8, 4) is 11.5 Å². The van der Waals surface area contributed by atoms with E-state index in [0.29, 0.717) is 22.1 Å². The SMILES string of the molecule is CNC(=O)C(C)N(Cc1ccccc1Cl)C(=O)CN(c1ccc(Oc2ccccc2)cc1)S(C)(=O)=O. The molecule has 1 atom stereocenters. The first-order valence-electron chi connectivity index (χ1n) is 11.2. The number of halogens is 1. The molecule has 0 spiro atoms. The van der Waals surface area contributed by atoms with Crippen molar-refractivity contribution in [3.05, 3.63) is 89.4 Å². The van der Waals surface area contributed by atoms with Gasteiger partial charge in [0.05, 0.1) is 11.9 Å². The topological polar surface area (TPSA) is 96.0 Å². The predicted octanol–water partition coefficient (Wildman–Crippen LogP) is 4.06. The van der Waals surface area contributed by atoms with Crippen LogP contribution in [0.15, 0.2) is 78.9 Å². The zero-order chi connectivity index (χ0) is 26.3. The number of carbonyl (C=O) groups excluding carboxylic acids is 2. The van der Waals surface area contributed by atoms with Gasteiger partial charge in [-0.2, -0.15) is 0 Å². The lowest BCUT2D eigenvalue weighted by Gasteiger charge is -2.31. The Labute approximate surface area is 216 Å². The van der Waals surface area contributed by atoms with E-state index in [4.69, 9.17) is 16.3 Å². The minimum atomic E-state index is -3.83. The smallest absolute Gasteiger partial charge is 0.244 e. The lowest BCUT2D eigenvalue weighted by molar-refractivity contribution is -0.139. The number of ether oxygens (including phenoxy) is 1. The molecule has 3 rings (SSSR count). The van der Waals surface area contributed by atoms with Gasteiger partial charge in [-0.1, -0.05) is 48.0 Å². The van der Waals surface area contributed by atoms with Crippen molar-refractivity contribution in [2.75, 3.05) is 24.2 Å². The van der Waals surface area contributed by atoms with Crippen molar-refractivity contribution in [2.24, 2.45) is 0 Å². The summed E-state index contributed by atoms with van der Waals surface area (Å²) < 4.78 is 32.1. The summed E-state index contributed by atoms with van der Waals surface area (Å²) in [6.45, 7) is 1.12. The fourth-order valence-corrected chi connectivity index (χ4v) is 4.57. The van der Waals surface area contributed by atoms with Crippen LogP contribution in [0, 0.1) is 0 Å². The van der Waals surface area contributed by atoms with Gasteiger partial charge in [0, 0.05) is 18.6 Å². The first kappa shape index (κ1) is 27.0. The lowest BCUT2D eigenvalue weighted by Crippen LogP contribution is -2.50. The molecule has 10 heteroatoms. The van der Waals surface area contributed by atoms with Crippen LogP contribution in [0.2, 0.25) is 5.02 Å². The number of anilines is 1. The molecule has 0 saturated carbocycles. The van der Waals surface area contributed by atoms with Gasteiger partial charge >= 0.3 is 0 Å². The monoisotopic (exact) mass is 529 g/mol. The Kier molecular flexibility index (Phi) is 8.95. The van der Waals surface area contributed by atoms with Crippen LogP contribution in [-0.4, -0.2) is 51.0 Å². The highest BCUT2D eigenvalue weighted by atomic mass is 35.5. The van der Waals surface area contributed by atoms with Crippen molar-refractivity contribution in [3.63, 3.8) is 0 Å². The predicted molar refractivity (Wildman–Crippen MR) is 141 cm³/mol. The Morgan fingerprint density at radius 2 is 1.53 bits per heavy atom. The summed E-state index contributed by atoms with van der Waals surface area (Å²) in [7, 11) is -2.36. The van der Waals surface area contributed by atoms with E-state index in [2.05, 4.69) is 5.32 Å². The van der Waals surface area contributed by atoms with Gasteiger partial charge in [0.2, 0.25) is 21.8 Å². The van der Waals surface area contributed by atoms with Crippen molar-refractivity contribution in [1.29, 1.82) is 0 Å². The van der Waals surface area contributed by atoms with Crippen LogP contribution in [-0.2, 0) is 26.2 Å². The van der Waals surface area contributed by atoms with E-state index in [9.17, 15) is 18.0 Å². The summed E-state index contributed by atoms with van der Waals surface area (Å²) in [6.07, 6.45) is 1.02. The van der Waals surface area contributed by atoms with Crippen molar-refractivity contribution in [2.45, 2.75) is 19.5 Å². The molecule has 2 amide bonds. The van der Waals surface area contributed by atoms with Crippen LogP contribution < -0.4 is 14.4 Å². The number of para-hydroxylation sites is 1. The summed E-state index contributed by atoms with van der Waals surface area (Å²) in [5.41, 5.74) is 0.924. The van der Waals surface area contributed by atoms with Gasteiger partial charge in [0.1, 0.15) is 24.1 Å². The quantitative estimate of drug-likeness (QED) is 0.427. The molecule has 3 aromatic carbocycles. The maximum Gasteiger partial charge on any atom is 0.244 e. The zero-order valence-corrected chi connectivity index (χ0v) is 21.8. The number of hydrogen-bond acceptors (Lipinski definition) is 5. The summed E-state index contributed by atoms with van der Waals surface area (Å²) in [4.78, 5) is 27.1. The van der Waals surface area contributed by atoms with Crippen LogP contribution in [0.5, 0.6) is 11.5 Å². The largest absolute Gasteiger partial charge is 0.457 e. The van der Waals surface area contributed by atoms with Gasteiger partial charge in [-0.25, -0.2) is 8.42 Å². The first-order chi connectivity index (χ1) is 17.1. The van der Waals surface area contributed by atoms with E-state index in [1.165, 1.54) is 11.9 Å². The van der Waals surface area contributed by atoms with E-state index in [0.717, 1.165) is 10.6 Å². The summed E-state index contributed by atoms with van der Waals surface area (Å²) in [5.74, 6) is 0.210. The molecule has 3 aromatic rings. The highest BCUT2D eigenvalue weighted by Gasteiger charge is 2.30. The molecule has 1 unspecified atom stereocenters. The van der Waals surface area contributed by atoms with Crippen LogP contribution >= 0.6 is 11.6 Å². The molecule has 190 valence electrons. The minimum absolute atomic E-state index is 0.0363. The van der Waals surface area contributed by atoms with Gasteiger partial charge < -0.3 is 15.0 Å². The Morgan fingerprint density at radius 1 is 0.944 bits per heavy atom. The van der Waals surface area contributed by atoms with E-state index in [-0.39, 0.29) is 18.1 Å². The molecule has 1 N–H and O–H groups in total. The zero-order valence-electron chi connectivity index (χ0n) is 20.2. The number of rotatable bonds is 10. The van der Waals surface area contributed by atoms with E-state index in [1.54, 1.807) is 67.6 Å². The summed E-state index contributed by atoms with van der Waals surface area (Å²) in [5, 5.41) is 2.97. The van der Waals surface area contributed by atoms with E-state index >= 15 is 0 Å². The van der Waals surface area contributed by atoms with E-state index in [1.807, 2.05) is 18.2 Å².